The number of nitriles is 1. The number of nitrogens with one attached hydrogen (secondary N) is 1. The first kappa shape index (κ1) is 12.4. The summed E-state index contributed by atoms with van der Waals surface area (Å²) in [6.07, 6.45) is 0.963. The van der Waals surface area contributed by atoms with E-state index in [1.54, 1.807) is 7.11 Å². The fraction of sp³-hybridized carbons (Fsp3) is 0.267. The van der Waals surface area contributed by atoms with Crippen molar-refractivity contribution in [3.8, 4) is 6.07 Å². The van der Waals surface area contributed by atoms with Crippen molar-refractivity contribution in [1.29, 1.82) is 5.26 Å². The zero-order valence-corrected chi connectivity index (χ0v) is 10.4. The van der Waals surface area contributed by atoms with Crippen LogP contribution in [0.3, 0.4) is 0 Å². The van der Waals surface area contributed by atoms with Crippen LogP contribution < -0.4 is 5.32 Å². The molecule has 1 N–H and O–H groups in total. The van der Waals surface area contributed by atoms with Gasteiger partial charge in [-0.25, -0.2) is 0 Å². The van der Waals surface area contributed by atoms with Crippen molar-refractivity contribution in [1.82, 2.24) is 0 Å². The van der Waals surface area contributed by atoms with Crippen molar-refractivity contribution >= 4 is 16.5 Å². The standard InChI is InChI=1S/C15H16N2O/c1-18-10-4-9-17-15-8-7-12(11-16)13-5-2-3-6-14(13)15/h2-3,5-8,17H,4,9-10H2,1H3. The molecule has 0 aliphatic rings. The maximum Gasteiger partial charge on any atom is 0.0998 e. The minimum Gasteiger partial charge on any atom is -0.385 e. The largest absolute Gasteiger partial charge is 0.385 e. The van der Waals surface area contributed by atoms with Gasteiger partial charge in [0, 0.05) is 36.7 Å². The number of anilines is 1. The third kappa shape index (κ3) is 2.61. The Kier molecular flexibility index (Phi) is 4.16. The highest BCUT2D eigenvalue weighted by Crippen LogP contribution is 2.26. The van der Waals surface area contributed by atoms with E-state index in [4.69, 9.17) is 10.00 Å². The minimum atomic E-state index is 0.716. The highest BCUT2D eigenvalue weighted by molar-refractivity contribution is 5.97. The van der Waals surface area contributed by atoms with E-state index in [-0.39, 0.29) is 0 Å². The molecule has 0 aliphatic heterocycles. The van der Waals surface area contributed by atoms with Gasteiger partial charge in [0.25, 0.3) is 0 Å². The first-order chi connectivity index (χ1) is 8.86. The molecule has 0 spiro atoms. The molecule has 0 bridgehead atoms. The summed E-state index contributed by atoms with van der Waals surface area (Å²) < 4.78 is 5.02. The summed E-state index contributed by atoms with van der Waals surface area (Å²) in [5, 5.41) is 14.6. The van der Waals surface area contributed by atoms with Gasteiger partial charge in [-0.15, -0.1) is 0 Å². The fourth-order valence-corrected chi connectivity index (χ4v) is 1.99. The van der Waals surface area contributed by atoms with Crippen molar-refractivity contribution in [2.24, 2.45) is 0 Å². The van der Waals surface area contributed by atoms with Gasteiger partial charge in [-0.1, -0.05) is 24.3 Å². The van der Waals surface area contributed by atoms with Gasteiger partial charge in [-0.2, -0.15) is 5.26 Å². The molecule has 0 amide bonds. The summed E-state index contributed by atoms with van der Waals surface area (Å²) in [6, 6.07) is 14.0. The molecule has 0 unspecified atom stereocenters. The van der Waals surface area contributed by atoms with Crippen LogP contribution in [0.1, 0.15) is 12.0 Å². The monoisotopic (exact) mass is 240 g/mol. The summed E-state index contributed by atoms with van der Waals surface area (Å²) in [5.74, 6) is 0. The summed E-state index contributed by atoms with van der Waals surface area (Å²) in [5.41, 5.74) is 1.79. The SMILES string of the molecule is COCCCNc1ccc(C#N)c2ccccc12. The predicted octanol–water partition coefficient (Wildman–Crippen LogP) is 3.16. The third-order valence-corrected chi connectivity index (χ3v) is 2.89. The first-order valence-electron chi connectivity index (χ1n) is 6.01. The molecular formula is C15H16N2O. The highest BCUT2D eigenvalue weighted by Gasteiger charge is 2.04. The van der Waals surface area contributed by atoms with Gasteiger partial charge in [-0.3, -0.25) is 0 Å². The van der Waals surface area contributed by atoms with Crippen LogP contribution in [0.5, 0.6) is 0 Å². The van der Waals surface area contributed by atoms with Gasteiger partial charge in [0.1, 0.15) is 0 Å². The summed E-state index contributed by atoms with van der Waals surface area (Å²) in [4.78, 5) is 0. The second-order valence-corrected chi connectivity index (χ2v) is 4.09. The van der Waals surface area contributed by atoms with Gasteiger partial charge >= 0.3 is 0 Å². The average Bonchev–Trinajstić information content (AvgIpc) is 2.43. The molecule has 0 fully saturated rings. The Morgan fingerprint density at radius 3 is 2.67 bits per heavy atom. The van der Waals surface area contributed by atoms with E-state index in [9.17, 15) is 0 Å². The zero-order chi connectivity index (χ0) is 12.8. The summed E-state index contributed by atoms with van der Waals surface area (Å²) in [6.45, 7) is 1.62. The molecule has 0 aromatic heterocycles. The smallest absolute Gasteiger partial charge is 0.0998 e. The van der Waals surface area contributed by atoms with E-state index in [2.05, 4.69) is 11.4 Å². The second kappa shape index (κ2) is 6.04. The van der Waals surface area contributed by atoms with Gasteiger partial charge in [0.15, 0.2) is 0 Å². The van der Waals surface area contributed by atoms with Crippen LogP contribution >= 0.6 is 0 Å². The maximum absolute atomic E-state index is 9.09. The van der Waals surface area contributed by atoms with Crippen LogP contribution in [0.2, 0.25) is 0 Å². The lowest BCUT2D eigenvalue weighted by molar-refractivity contribution is 0.198. The van der Waals surface area contributed by atoms with Gasteiger partial charge in [0.05, 0.1) is 11.6 Å². The lowest BCUT2D eigenvalue weighted by Gasteiger charge is -2.10. The van der Waals surface area contributed by atoms with E-state index in [1.807, 2.05) is 36.4 Å². The molecule has 2 aromatic rings. The molecule has 0 heterocycles. The van der Waals surface area contributed by atoms with E-state index in [0.717, 1.165) is 36.0 Å². The van der Waals surface area contributed by atoms with Crippen molar-refractivity contribution in [3.63, 3.8) is 0 Å². The Morgan fingerprint density at radius 1 is 1.17 bits per heavy atom. The Balaban J connectivity index is 2.27. The fourth-order valence-electron chi connectivity index (χ4n) is 1.99. The normalized spacial score (nSPS) is 10.2. The Bertz CT molecular complexity index is 572. The first-order valence-corrected chi connectivity index (χ1v) is 6.01. The Morgan fingerprint density at radius 2 is 1.94 bits per heavy atom. The van der Waals surface area contributed by atoms with Gasteiger partial charge in [-0.05, 0) is 18.6 Å². The number of rotatable bonds is 5. The predicted molar refractivity (Wildman–Crippen MR) is 73.6 cm³/mol. The van der Waals surface area contributed by atoms with Crippen molar-refractivity contribution in [2.45, 2.75) is 6.42 Å². The molecule has 2 aromatic carbocycles. The number of fused-ring (bicyclic) bond motifs is 1. The molecule has 3 nitrogen and oxygen atoms in total. The van der Waals surface area contributed by atoms with Gasteiger partial charge < -0.3 is 10.1 Å². The highest BCUT2D eigenvalue weighted by atomic mass is 16.5. The van der Waals surface area contributed by atoms with Crippen LogP contribution in [0, 0.1) is 11.3 Å². The van der Waals surface area contributed by atoms with Crippen LogP contribution in [0.25, 0.3) is 10.8 Å². The molecule has 0 radical (unpaired) electrons. The van der Waals surface area contributed by atoms with Crippen LogP contribution in [-0.4, -0.2) is 20.3 Å². The van der Waals surface area contributed by atoms with Crippen molar-refractivity contribution < 1.29 is 4.74 Å². The molecule has 0 saturated carbocycles. The molecule has 3 heteroatoms. The van der Waals surface area contributed by atoms with E-state index in [1.165, 1.54) is 0 Å². The Hall–Kier alpha value is -2.05. The van der Waals surface area contributed by atoms with Crippen molar-refractivity contribution in [3.05, 3.63) is 42.0 Å². The third-order valence-electron chi connectivity index (χ3n) is 2.89. The molecule has 2 rings (SSSR count). The van der Waals surface area contributed by atoms with E-state index >= 15 is 0 Å². The number of ether oxygens (including phenoxy) is 1. The number of hydrogen-bond donors (Lipinski definition) is 1. The Labute approximate surface area is 107 Å². The topological polar surface area (TPSA) is 45.0 Å². The molecule has 0 atom stereocenters. The van der Waals surface area contributed by atoms with E-state index < -0.39 is 0 Å². The zero-order valence-electron chi connectivity index (χ0n) is 10.4. The summed E-state index contributed by atoms with van der Waals surface area (Å²) in [7, 11) is 1.71. The van der Waals surface area contributed by atoms with Crippen molar-refractivity contribution in [2.75, 3.05) is 25.6 Å². The number of hydrogen-bond acceptors (Lipinski definition) is 3. The number of benzene rings is 2. The summed E-state index contributed by atoms with van der Waals surface area (Å²) >= 11 is 0. The lowest BCUT2D eigenvalue weighted by atomic mass is 10.0. The maximum atomic E-state index is 9.09. The quantitative estimate of drug-likeness (QED) is 0.816. The van der Waals surface area contributed by atoms with Gasteiger partial charge in [0.2, 0.25) is 0 Å². The molecule has 18 heavy (non-hydrogen) atoms. The lowest BCUT2D eigenvalue weighted by Crippen LogP contribution is -2.05. The molecule has 0 saturated heterocycles. The molecule has 0 aliphatic carbocycles. The van der Waals surface area contributed by atoms with Crippen LogP contribution in [0.15, 0.2) is 36.4 Å². The molecular weight excluding hydrogens is 224 g/mol. The average molecular weight is 240 g/mol. The van der Waals surface area contributed by atoms with Crippen LogP contribution in [-0.2, 0) is 4.74 Å². The van der Waals surface area contributed by atoms with Crippen LogP contribution in [0.4, 0.5) is 5.69 Å². The minimum absolute atomic E-state index is 0.716. The van der Waals surface area contributed by atoms with E-state index in [0.29, 0.717) is 5.56 Å². The number of methoxy groups -OCH3 is 1. The second-order valence-electron chi connectivity index (χ2n) is 4.09. The number of nitrogens with zero attached hydrogens (tertiary/aromatic N) is 1. The molecule has 92 valence electrons.